The van der Waals surface area contributed by atoms with Gasteiger partial charge in [0, 0.05) is 6.42 Å². The van der Waals surface area contributed by atoms with Crippen molar-refractivity contribution >= 4 is 5.91 Å². The Morgan fingerprint density at radius 1 is 0.610 bits per heavy atom. The van der Waals surface area contributed by atoms with Crippen molar-refractivity contribution in [1.29, 1.82) is 0 Å². The Bertz CT molecular complexity index is 788. The first-order chi connectivity index (χ1) is 20.2. The van der Waals surface area contributed by atoms with Crippen LogP contribution in [-0.2, 0) is 4.79 Å². The molecule has 0 heterocycles. The van der Waals surface area contributed by atoms with E-state index in [-0.39, 0.29) is 12.5 Å². The van der Waals surface area contributed by atoms with Gasteiger partial charge in [0.05, 0.1) is 18.8 Å². The van der Waals surface area contributed by atoms with Crippen LogP contribution in [0.1, 0.15) is 123 Å². The first-order valence-corrected chi connectivity index (χ1v) is 16.3. The largest absolute Gasteiger partial charge is 0.394 e. The van der Waals surface area contributed by atoms with Gasteiger partial charge in [-0.1, -0.05) is 125 Å². The van der Waals surface area contributed by atoms with Crippen molar-refractivity contribution in [3.8, 4) is 0 Å². The molecule has 0 aliphatic carbocycles. The summed E-state index contributed by atoms with van der Waals surface area (Å²) in [5.41, 5.74) is 0. The van der Waals surface area contributed by atoms with Crippen molar-refractivity contribution in [2.45, 2.75) is 135 Å². The molecule has 0 radical (unpaired) electrons. The third kappa shape index (κ3) is 28.9. The number of allylic oxidation sites excluding steroid dienone is 13. The highest BCUT2D eigenvalue weighted by Gasteiger charge is 2.17. The van der Waals surface area contributed by atoms with E-state index in [2.05, 4.69) is 92.1 Å². The molecule has 0 saturated carbocycles. The molecule has 0 aromatic rings. The molecule has 0 aromatic carbocycles. The second kappa shape index (κ2) is 32.1. The van der Waals surface area contributed by atoms with Crippen LogP contribution in [0.15, 0.2) is 85.1 Å². The van der Waals surface area contributed by atoms with Crippen LogP contribution >= 0.6 is 0 Å². The van der Waals surface area contributed by atoms with Gasteiger partial charge in [-0.2, -0.15) is 0 Å². The maximum absolute atomic E-state index is 12.3. The van der Waals surface area contributed by atoms with Crippen molar-refractivity contribution < 1.29 is 15.0 Å². The lowest BCUT2D eigenvalue weighted by Gasteiger charge is -2.19. The van der Waals surface area contributed by atoms with Gasteiger partial charge < -0.3 is 15.5 Å². The molecule has 1 amide bonds. The van der Waals surface area contributed by atoms with Crippen molar-refractivity contribution in [2.24, 2.45) is 0 Å². The summed E-state index contributed by atoms with van der Waals surface area (Å²) < 4.78 is 0. The molecule has 0 aromatic heterocycles. The average molecular weight is 568 g/mol. The van der Waals surface area contributed by atoms with Gasteiger partial charge in [-0.25, -0.2) is 0 Å². The van der Waals surface area contributed by atoms with E-state index in [0.717, 1.165) is 83.5 Å². The van der Waals surface area contributed by atoms with Crippen molar-refractivity contribution in [2.75, 3.05) is 6.61 Å². The monoisotopic (exact) mass is 567 g/mol. The molecule has 2 unspecified atom stereocenters. The van der Waals surface area contributed by atoms with Crippen LogP contribution in [0.5, 0.6) is 0 Å². The molecular formula is C37H61NO3. The highest BCUT2D eigenvalue weighted by atomic mass is 16.3. The number of carbonyl (C=O) groups is 1. The van der Waals surface area contributed by atoms with Gasteiger partial charge >= 0.3 is 0 Å². The van der Waals surface area contributed by atoms with Gasteiger partial charge in [-0.05, 0) is 77.0 Å². The van der Waals surface area contributed by atoms with E-state index in [9.17, 15) is 15.0 Å². The number of nitrogens with one attached hydrogen (secondary N) is 1. The predicted molar refractivity (Wildman–Crippen MR) is 179 cm³/mol. The zero-order valence-corrected chi connectivity index (χ0v) is 26.3. The fourth-order valence-corrected chi connectivity index (χ4v) is 4.06. The zero-order chi connectivity index (χ0) is 30.1. The molecule has 2 atom stereocenters. The van der Waals surface area contributed by atoms with Gasteiger partial charge in [0.25, 0.3) is 0 Å². The fourth-order valence-electron chi connectivity index (χ4n) is 4.06. The van der Waals surface area contributed by atoms with E-state index < -0.39 is 12.1 Å². The Balaban J connectivity index is 3.83. The Morgan fingerprint density at radius 3 is 1.68 bits per heavy atom. The topological polar surface area (TPSA) is 69.6 Å². The predicted octanol–water partition coefficient (Wildman–Crippen LogP) is 9.39. The highest BCUT2D eigenvalue weighted by molar-refractivity contribution is 5.76. The fraction of sp³-hybridized carbons (Fsp3) is 0.595. The first-order valence-electron chi connectivity index (χ1n) is 16.3. The van der Waals surface area contributed by atoms with E-state index in [1.807, 2.05) is 6.08 Å². The Morgan fingerprint density at radius 2 is 1.10 bits per heavy atom. The van der Waals surface area contributed by atoms with Gasteiger partial charge in [0.2, 0.25) is 5.91 Å². The number of aliphatic hydroxyl groups excluding tert-OH is 2. The van der Waals surface area contributed by atoms with Gasteiger partial charge in [0.1, 0.15) is 0 Å². The van der Waals surface area contributed by atoms with Crippen LogP contribution in [0.4, 0.5) is 0 Å². The van der Waals surface area contributed by atoms with E-state index in [1.165, 1.54) is 19.3 Å². The molecule has 232 valence electrons. The minimum atomic E-state index is -0.882. The normalized spacial score (nSPS) is 14.3. The third-order valence-electron chi connectivity index (χ3n) is 6.59. The lowest BCUT2D eigenvalue weighted by Crippen LogP contribution is -2.45. The number of carbonyl (C=O) groups excluding carboxylic acids is 1. The van der Waals surface area contributed by atoms with Crippen LogP contribution in [0, 0.1) is 0 Å². The summed E-state index contributed by atoms with van der Waals surface area (Å²) in [7, 11) is 0. The molecule has 0 rings (SSSR count). The third-order valence-corrected chi connectivity index (χ3v) is 6.59. The van der Waals surface area contributed by atoms with Crippen molar-refractivity contribution in [3.05, 3.63) is 85.1 Å². The molecule has 4 heteroatoms. The molecule has 0 saturated heterocycles. The SMILES string of the molecule is CC/C=C\C/C=C\C/C=C\C/C=C\CCCCCCC(=O)NC(CO)C(O)/C=C/CC/C=C/CC/C=C/CCCC. The number of rotatable bonds is 27. The molecule has 0 bridgehead atoms. The Kier molecular flexibility index (Phi) is 30.2. The van der Waals surface area contributed by atoms with Crippen LogP contribution in [0.2, 0.25) is 0 Å². The molecule has 0 aliphatic heterocycles. The smallest absolute Gasteiger partial charge is 0.220 e. The lowest BCUT2D eigenvalue weighted by atomic mass is 10.1. The van der Waals surface area contributed by atoms with Crippen LogP contribution in [0.25, 0.3) is 0 Å². The minimum absolute atomic E-state index is 0.109. The maximum atomic E-state index is 12.3. The number of aliphatic hydroxyl groups is 2. The number of amides is 1. The molecule has 4 nitrogen and oxygen atoms in total. The summed E-state index contributed by atoms with van der Waals surface area (Å²) in [4.78, 5) is 12.3. The highest BCUT2D eigenvalue weighted by Crippen LogP contribution is 2.08. The zero-order valence-electron chi connectivity index (χ0n) is 26.3. The standard InChI is InChI=1S/C37H61NO3/c1-3-5-7-9-11-13-15-17-18-19-20-21-23-25-27-29-31-33-37(41)38-35(34-39)36(40)32-30-28-26-24-22-16-14-12-10-8-6-4-2/h5,7,10-13,17-18,20-22,24,30,32,35-36,39-40H,3-4,6,8-9,14-16,19,23,25-29,31,33-34H2,1-2H3,(H,38,41)/b7-5-,12-10+,13-11-,18-17-,21-20-,24-22+,32-30+. The van der Waals surface area contributed by atoms with E-state index in [1.54, 1.807) is 6.08 Å². The first kappa shape index (κ1) is 38.6. The second-order valence-corrected chi connectivity index (χ2v) is 10.5. The summed E-state index contributed by atoms with van der Waals surface area (Å²) in [5, 5.41) is 22.7. The van der Waals surface area contributed by atoms with Crippen LogP contribution in [-0.4, -0.2) is 34.9 Å². The summed E-state index contributed by atoms with van der Waals surface area (Å²) >= 11 is 0. The second-order valence-electron chi connectivity index (χ2n) is 10.5. The Hall–Kier alpha value is -2.43. The van der Waals surface area contributed by atoms with Gasteiger partial charge in [0.15, 0.2) is 0 Å². The quantitative estimate of drug-likeness (QED) is 0.0684. The summed E-state index contributed by atoms with van der Waals surface area (Å²) in [6.07, 6.45) is 46.5. The van der Waals surface area contributed by atoms with Crippen molar-refractivity contribution in [1.82, 2.24) is 5.32 Å². The van der Waals surface area contributed by atoms with E-state index >= 15 is 0 Å². The lowest BCUT2D eigenvalue weighted by molar-refractivity contribution is -0.123. The molecule has 0 spiro atoms. The molecule has 3 N–H and O–H groups in total. The van der Waals surface area contributed by atoms with Gasteiger partial charge in [-0.3, -0.25) is 4.79 Å². The van der Waals surface area contributed by atoms with E-state index in [0.29, 0.717) is 6.42 Å². The Labute approximate surface area is 252 Å². The van der Waals surface area contributed by atoms with Crippen molar-refractivity contribution in [3.63, 3.8) is 0 Å². The van der Waals surface area contributed by atoms with E-state index in [4.69, 9.17) is 0 Å². The van der Waals surface area contributed by atoms with Gasteiger partial charge in [-0.15, -0.1) is 0 Å². The number of hydrogen-bond acceptors (Lipinski definition) is 3. The summed E-state index contributed by atoms with van der Waals surface area (Å²) in [5.74, 6) is -0.109. The molecular weight excluding hydrogens is 506 g/mol. The molecule has 41 heavy (non-hydrogen) atoms. The maximum Gasteiger partial charge on any atom is 0.220 e. The summed E-state index contributed by atoms with van der Waals surface area (Å²) in [6, 6.07) is -0.660. The number of hydrogen-bond donors (Lipinski definition) is 3. The molecule has 0 fully saturated rings. The van der Waals surface area contributed by atoms with Crippen LogP contribution in [0.3, 0.4) is 0 Å². The number of unbranched alkanes of at least 4 members (excludes halogenated alkanes) is 8. The van der Waals surface area contributed by atoms with Crippen LogP contribution < -0.4 is 5.32 Å². The summed E-state index contributed by atoms with van der Waals surface area (Å²) in [6.45, 7) is 4.08. The average Bonchev–Trinajstić information content (AvgIpc) is 2.97. The molecule has 0 aliphatic rings. The minimum Gasteiger partial charge on any atom is -0.394 e.